The highest BCUT2D eigenvalue weighted by molar-refractivity contribution is 5.92. The first kappa shape index (κ1) is 19.9. The lowest BCUT2D eigenvalue weighted by Gasteiger charge is -2.34. The summed E-state index contributed by atoms with van der Waals surface area (Å²) in [5.74, 6) is 2.60. The highest BCUT2D eigenvalue weighted by Crippen LogP contribution is 2.31. The molecule has 3 heterocycles. The molecule has 0 aromatic heterocycles. The molecule has 3 aliphatic heterocycles. The minimum atomic E-state index is 0.0569. The maximum absolute atomic E-state index is 12.7. The number of carbonyl (C=O) groups is 1. The zero-order chi connectivity index (χ0) is 21.0. The summed E-state index contributed by atoms with van der Waals surface area (Å²) >= 11 is 0. The van der Waals surface area contributed by atoms with Crippen LogP contribution in [0.4, 0.5) is 0 Å². The molecule has 162 valence electrons. The number of hydrogen-bond acceptors (Lipinski definition) is 5. The van der Waals surface area contributed by atoms with Crippen molar-refractivity contribution in [3.63, 3.8) is 0 Å². The smallest absolute Gasteiger partial charge is 0.246 e. The Bertz CT molecular complexity index is 979. The molecule has 0 atom stereocenters. The summed E-state index contributed by atoms with van der Waals surface area (Å²) in [7, 11) is 0. The van der Waals surface area contributed by atoms with E-state index in [1.807, 2.05) is 29.2 Å². The molecule has 1 fully saturated rings. The minimum Gasteiger partial charge on any atom is -0.493 e. The standard InChI is InChI=1S/C25H28N2O4/c28-25(7-4-19-2-6-23-24(17-19)30-14-1-13-29-23)27-11-9-26(10-12-27)18-20-3-5-22-21(16-20)8-15-31-22/h2-7,16-17H,1,8-15,18H2/b7-4+. The summed E-state index contributed by atoms with van der Waals surface area (Å²) in [5, 5.41) is 0. The average Bonchev–Trinajstić information content (AvgIpc) is 3.14. The summed E-state index contributed by atoms with van der Waals surface area (Å²) in [6.45, 7) is 6.31. The normalized spacial score (nSPS) is 18.5. The second-order valence-electron chi connectivity index (χ2n) is 8.23. The average molecular weight is 421 g/mol. The molecular weight excluding hydrogens is 392 g/mol. The van der Waals surface area contributed by atoms with Crippen LogP contribution in [-0.2, 0) is 17.8 Å². The van der Waals surface area contributed by atoms with Crippen LogP contribution in [0.5, 0.6) is 17.2 Å². The monoisotopic (exact) mass is 420 g/mol. The third-order valence-corrected chi connectivity index (χ3v) is 6.03. The van der Waals surface area contributed by atoms with Gasteiger partial charge in [-0.2, -0.15) is 0 Å². The van der Waals surface area contributed by atoms with Crippen LogP contribution in [0.15, 0.2) is 42.5 Å². The molecule has 1 amide bonds. The molecule has 0 aliphatic carbocycles. The van der Waals surface area contributed by atoms with Gasteiger partial charge in [0, 0.05) is 51.6 Å². The molecule has 0 spiro atoms. The Balaban J connectivity index is 1.14. The molecule has 6 heteroatoms. The van der Waals surface area contributed by atoms with Crippen molar-refractivity contribution in [1.29, 1.82) is 0 Å². The molecule has 0 bridgehead atoms. The predicted octanol–water partition coefficient (Wildman–Crippen LogP) is 3.14. The van der Waals surface area contributed by atoms with Crippen molar-refractivity contribution in [3.05, 3.63) is 59.2 Å². The van der Waals surface area contributed by atoms with E-state index in [2.05, 4.69) is 23.1 Å². The van der Waals surface area contributed by atoms with Gasteiger partial charge in [-0.15, -0.1) is 0 Å². The molecule has 0 saturated carbocycles. The summed E-state index contributed by atoms with van der Waals surface area (Å²) in [6.07, 6.45) is 5.40. The number of nitrogens with zero attached hydrogens (tertiary/aromatic N) is 2. The van der Waals surface area contributed by atoms with E-state index in [1.165, 1.54) is 11.1 Å². The van der Waals surface area contributed by atoms with Crippen molar-refractivity contribution in [3.8, 4) is 17.2 Å². The summed E-state index contributed by atoms with van der Waals surface area (Å²) < 4.78 is 17.0. The van der Waals surface area contributed by atoms with Crippen molar-refractivity contribution in [2.24, 2.45) is 0 Å². The van der Waals surface area contributed by atoms with Crippen LogP contribution in [0.25, 0.3) is 6.08 Å². The molecule has 5 rings (SSSR count). The highest BCUT2D eigenvalue weighted by Gasteiger charge is 2.20. The van der Waals surface area contributed by atoms with Crippen LogP contribution in [0.2, 0.25) is 0 Å². The van der Waals surface area contributed by atoms with E-state index >= 15 is 0 Å². The summed E-state index contributed by atoms with van der Waals surface area (Å²) in [6, 6.07) is 12.3. The Morgan fingerprint density at radius 1 is 0.871 bits per heavy atom. The summed E-state index contributed by atoms with van der Waals surface area (Å²) in [5.41, 5.74) is 3.57. The van der Waals surface area contributed by atoms with Gasteiger partial charge >= 0.3 is 0 Å². The number of piperazine rings is 1. The van der Waals surface area contributed by atoms with E-state index < -0.39 is 0 Å². The van der Waals surface area contributed by atoms with Gasteiger partial charge in [0.2, 0.25) is 5.91 Å². The second kappa shape index (κ2) is 9.02. The summed E-state index contributed by atoms with van der Waals surface area (Å²) in [4.78, 5) is 17.0. The van der Waals surface area contributed by atoms with Crippen LogP contribution in [-0.4, -0.2) is 61.7 Å². The number of fused-ring (bicyclic) bond motifs is 2. The van der Waals surface area contributed by atoms with Gasteiger partial charge in [-0.3, -0.25) is 9.69 Å². The number of benzene rings is 2. The van der Waals surface area contributed by atoms with E-state index in [4.69, 9.17) is 14.2 Å². The lowest BCUT2D eigenvalue weighted by molar-refractivity contribution is -0.127. The molecule has 3 aliphatic rings. The van der Waals surface area contributed by atoms with Crippen molar-refractivity contribution >= 4 is 12.0 Å². The maximum Gasteiger partial charge on any atom is 0.246 e. The Morgan fingerprint density at radius 2 is 1.65 bits per heavy atom. The molecule has 6 nitrogen and oxygen atoms in total. The van der Waals surface area contributed by atoms with E-state index in [9.17, 15) is 4.79 Å². The first-order valence-corrected chi connectivity index (χ1v) is 11.1. The molecule has 0 N–H and O–H groups in total. The van der Waals surface area contributed by atoms with Gasteiger partial charge in [-0.05, 0) is 41.0 Å². The van der Waals surface area contributed by atoms with Crippen molar-refractivity contribution < 1.29 is 19.0 Å². The third-order valence-electron chi connectivity index (χ3n) is 6.03. The molecule has 2 aromatic rings. The fourth-order valence-corrected chi connectivity index (χ4v) is 4.28. The van der Waals surface area contributed by atoms with E-state index in [0.717, 1.165) is 75.0 Å². The minimum absolute atomic E-state index is 0.0569. The third kappa shape index (κ3) is 4.69. The first-order chi connectivity index (χ1) is 15.2. The number of carbonyl (C=O) groups excluding carboxylic acids is 1. The highest BCUT2D eigenvalue weighted by atomic mass is 16.5. The molecule has 2 aromatic carbocycles. The zero-order valence-electron chi connectivity index (χ0n) is 17.7. The molecule has 0 unspecified atom stereocenters. The lowest BCUT2D eigenvalue weighted by atomic mass is 10.1. The second-order valence-corrected chi connectivity index (χ2v) is 8.23. The molecule has 0 radical (unpaired) electrons. The van der Waals surface area contributed by atoms with Crippen molar-refractivity contribution in [2.75, 3.05) is 46.0 Å². The maximum atomic E-state index is 12.7. The largest absolute Gasteiger partial charge is 0.493 e. The van der Waals surface area contributed by atoms with Gasteiger partial charge in [0.05, 0.1) is 19.8 Å². The first-order valence-electron chi connectivity index (χ1n) is 11.1. The van der Waals surface area contributed by atoms with E-state index in [0.29, 0.717) is 13.2 Å². The Morgan fingerprint density at radius 3 is 2.52 bits per heavy atom. The zero-order valence-corrected chi connectivity index (χ0v) is 17.7. The van der Waals surface area contributed by atoms with Gasteiger partial charge in [-0.25, -0.2) is 0 Å². The van der Waals surface area contributed by atoms with Crippen LogP contribution in [0.3, 0.4) is 0 Å². The number of rotatable bonds is 4. The quantitative estimate of drug-likeness (QED) is 0.712. The van der Waals surface area contributed by atoms with Gasteiger partial charge in [-0.1, -0.05) is 18.2 Å². The van der Waals surface area contributed by atoms with Crippen LogP contribution in [0.1, 0.15) is 23.1 Å². The Kier molecular flexibility index (Phi) is 5.80. The van der Waals surface area contributed by atoms with Crippen LogP contribution < -0.4 is 14.2 Å². The number of ether oxygens (including phenoxy) is 3. The Labute approximate surface area is 183 Å². The fourth-order valence-electron chi connectivity index (χ4n) is 4.28. The topological polar surface area (TPSA) is 51.2 Å². The van der Waals surface area contributed by atoms with Gasteiger partial charge in [0.1, 0.15) is 5.75 Å². The van der Waals surface area contributed by atoms with Crippen molar-refractivity contribution in [2.45, 2.75) is 19.4 Å². The predicted molar refractivity (Wildman–Crippen MR) is 119 cm³/mol. The molecular formula is C25H28N2O4. The van der Waals surface area contributed by atoms with Gasteiger partial charge in [0.25, 0.3) is 0 Å². The SMILES string of the molecule is O=C(/C=C/c1ccc2c(c1)OCCCO2)N1CCN(Cc2ccc3c(c2)CCO3)CC1. The molecule has 1 saturated heterocycles. The lowest BCUT2D eigenvalue weighted by Crippen LogP contribution is -2.47. The van der Waals surface area contributed by atoms with Gasteiger partial charge in [0.15, 0.2) is 11.5 Å². The van der Waals surface area contributed by atoms with E-state index in [1.54, 1.807) is 6.08 Å². The fraction of sp³-hybridized carbons (Fsp3) is 0.400. The number of amides is 1. The van der Waals surface area contributed by atoms with E-state index in [-0.39, 0.29) is 5.91 Å². The molecule has 31 heavy (non-hydrogen) atoms. The Hall–Kier alpha value is -2.99. The van der Waals surface area contributed by atoms with Crippen LogP contribution in [0, 0.1) is 0 Å². The van der Waals surface area contributed by atoms with Crippen molar-refractivity contribution in [1.82, 2.24) is 9.80 Å². The van der Waals surface area contributed by atoms with Gasteiger partial charge < -0.3 is 19.1 Å². The number of hydrogen-bond donors (Lipinski definition) is 0. The van der Waals surface area contributed by atoms with Crippen LogP contribution >= 0.6 is 0 Å².